The van der Waals surface area contributed by atoms with Crippen LogP contribution in [0.1, 0.15) is 46.0 Å². The van der Waals surface area contributed by atoms with E-state index in [-0.39, 0.29) is 0 Å². The first-order valence-electron chi connectivity index (χ1n) is 5.13. The van der Waals surface area contributed by atoms with Crippen LogP contribution in [0.5, 0.6) is 0 Å². The number of hydrogen-bond donors (Lipinski definition) is 1. The van der Waals surface area contributed by atoms with Gasteiger partial charge in [-0.3, -0.25) is 0 Å². The molecule has 82 valence electrons. The summed E-state index contributed by atoms with van der Waals surface area (Å²) < 4.78 is 0. The third-order valence-corrected chi connectivity index (χ3v) is 2.17. The average Bonchev–Trinajstić information content (AvgIpc) is 2.10. The molecule has 0 aromatic heterocycles. The van der Waals surface area contributed by atoms with E-state index >= 15 is 0 Å². The molecule has 4 heteroatoms. The summed E-state index contributed by atoms with van der Waals surface area (Å²) in [5.74, 6) is -0.418. The molecular formula is C10H19NO3. The molecule has 4 nitrogen and oxygen atoms in total. The Morgan fingerprint density at radius 3 is 2.21 bits per heavy atom. The van der Waals surface area contributed by atoms with Gasteiger partial charge in [0, 0.05) is 0 Å². The highest BCUT2D eigenvalue weighted by molar-refractivity contribution is 5.73. The number of nitrogens with zero attached hydrogens (tertiary/aromatic N) is 1. The minimum atomic E-state index is -1.11. The molecule has 0 aromatic carbocycles. The zero-order valence-corrected chi connectivity index (χ0v) is 8.90. The summed E-state index contributed by atoms with van der Waals surface area (Å²) in [6, 6.07) is -1.05. The van der Waals surface area contributed by atoms with Crippen LogP contribution in [0.2, 0.25) is 0 Å². The monoisotopic (exact) mass is 201 g/mol. The Balaban J connectivity index is 3.43. The summed E-state index contributed by atoms with van der Waals surface area (Å²) in [6.45, 7) is 4.32. The molecule has 1 atom stereocenters. The maximum absolute atomic E-state index is 10.4. The highest BCUT2D eigenvalue weighted by Crippen LogP contribution is 2.11. The van der Waals surface area contributed by atoms with Crippen molar-refractivity contribution in [3.63, 3.8) is 0 Å². The second-order valence-corrected chi connectivity index (χ2v) is 3.99. The van der Waals surface area contributed by atoms with Gasteiger partial charge in [-0.15, -0.1) is 4.91 Å². The highest BCUT2D eigenvalue weighted by Gasteiger charge is 2.16. The van der Waals surface area contributed by atoms with Crippen LogP contribution >= 0.6 is 0 Å². The smallest absolute Gasteiger partial charge is 0.332 e. The fourth-order valence-corrected chi connectivity index (χ4v) is 1.29. The molecule has 0 saturated heterocycles. The minimum absolute atomic E-state index is 0.372. The molecule has 0 saturated carbocycles. The zero-order chi connectivity index (χ0) is 11.0. The Kier molecular flexibility index (Phi) is 6.98. The number of aliphatic carboxylic acids is 1. The summed E-state index contributed by atoms with van der Waals surface area (Å²) >= 11 is 0. The normalized spacial score (nSPS) is 12.8. The first-order valence-corrected chi connectivity index (χ1v) is 5.13. The number of unbranched alkanes of at least 4 members (excludes halogenated alkanes) is 2. The van der Waals surface area contributed by atoms with Crippen molar-refractivity contribution in [3.05, 3.63) is 4.91 Å². The number of carboxylic acid groups (broad SMARTS) is 1. The number of rotatable bonds is 8. The van der Waals surface area contributed by atoms with Crippen LogP contribution in [-0.2, 0) is 4.79 Å². The number of carbonyl (C=O) groups is 1. The Bertz CT molecular complexity index is 180. The van der Waals surface area contributed by atoms with Gasteiger partial charge in [-0.25, -0.2) is 4.79 Å². The zero-order valence-electron chi connectivity index (χ0n) is 8.90. The van der Waals surface area contributed by atoms with Crippen molar-refractivity contribution >= 4 is 5.97 Å². The summed E-state index contributed by atoms with van der Waals surface area (Å²) in [6.07, 6.45) is 4.39. The Morgan fingerprint density at radius 1 is 1.21 bits per heavy atom. The van der Waals surface area contributed by atoms with Crippen molar-refractivity contribution in [2.45, 2.75) is 52.0 Å². The topological polar surface area (TPSA) is 66.7 Å². The first-order chi connectivity index (χ1) is 6.57. The lowest BCUT2D eigenvalue weighted by Gasteiger charge is -2.05. The molecule has 0 radical (unpaired) electrons. The van der Waals surface area contributed by atoms with Crippen LogP contribution in [-0.4, -0.2) is 17.1 Å². The lowest BCUT2D eigenvalue weighted by molar-refractivity contribution is -0.138. The van der Waals surface area contributed by atoms with Crippen LogP contribution in [0.4, 0.5) is 0 Å². The summed E-state index contributed by atoms with van der Waals surface area (Å²) in [5.41, 5.74) is 0. The van der Waals surface area contributed by atoms with E-state index < -0.39 is 12.0 Å². The van der Waals surface area contributed by atoms with Crippen molar-refractivity contribution in [2.24, 2.45) is 11.1 Å². The number of hydrogen-bond acceptors (Lipinski definition) is 3. The van der Waals surface area contributed by atoms with E-state index in [0.29, 0.717) is 12.3 Å². The fourth-order valence-electron chi connectivity index (χ4n) is 1.29. The fraction of sp³-hybridized carbons (Fsp3) is 0.900. The summed E-state index contributed by atoms with van der Waals surface area (Å²) in [7, 11) is 0. The molecule has 0 aliphatic carbocycles. The van der Waals surface area contributed by atoms with E-state index in [1.807, 2.05) is 0 Å². The van der Waals surface area contributed by atoms with E-state index in [0.717, 1.165) is 25.7 Å². The van der Waals surface area contributed by atoms with Gasteiger partial charge >= 0.3 is 5.97 Å². The van der Waals surface area contributed by atoms with Crippen LogP contribution in [0.15, 0.2) is 5.18 Å². The van der Waals surface area contributed by atoms with Gasteiger partial charge < -0.3 is 5.11 Å². The van der Waals surface area contributed by atoms with E-state index in [2.05, 4.69) is 19.0 Å². The maximum Gasteiger partial charge on any atom is 0.332 e. The quantitative estimate of drug-likeness (QED) is 0.485. The van der Waals surface area contributed by atoms with Crippen LogP contribution < -0.4 is 0 Å². The van der Waals surface area contributed by atoms with Gasteiger partial charge in [-0.1, -0.05) is 44.7 Å². The van der Waals surface area contributed by atoms with Gasteiger partial charge in [0.1, 0.15) is 0 Å². The molecule has 1 unspecified atom stereocenters. The van der Waals surface area contributed by atoms with Gasteiger partial charge in [0.15, 0.2) is 6.04 Å². The lowest BCUT2D eigenvalue weighted by atomic mass is 10.0. The molecule has 0 aliphatic heterocycles. The largest absolute Gasteiger partial charge is 0.480 e. The van der Waals surface area contributed by atoms with Crippen molar-refractivity contribution in [2.75, 3.05) is 0 Å². The Morgan fingerprint density at radius 2 is 1.79 bits per heavy atom. The third kappa shape index (κ3) is 6.57. The molecule has 14 heavy (non-hydrogen) atoms. The molecule has 0 spiro atoms. The maximum atomic E-state index is 10.4. The molecule has 1 N–H and O–H groups in total. The Hall–Kier alpha value is -0.930. The molecule has 0 rings (SSSR count). The first kappa shape index (κ1) is 13.1. The van der Waals surface area contributed by atoms with E-state index in [1.54, 1.807) is 0 Å². The summed E-state index contributed by atoms with van der Waals surface area (Å²) in [5, 5.41) is 11.1. The van der Waals surface area contributed by atoms with Gasteiger partial charge in [0.05, 0.1) is 0 Å². The predicted molar refractivity (Wildman–Crippen MR) is 55.1 cm³/mol. The molecule has 0 fully saturated rings. The van der Waals surface area contributed by atoms with Crippen molar-refractivity contribution in [1.29, 1.82) is 0 Å². The average molecular weight is 201 g/mol. The van der Waals surface area contributed by atoms with Crippen LogP contribution in [0.25, 0.3) is 0 Å². The molecule has 0 amide bonds. The predicted octanol–water partition coefficient (Wildman–Crippen LogP) is 2.81. The van der Waals surface area contributed by atoms with E-state index in [9.17, 15) is 9.70 Å². The summed E-state index contributed by atoms with van der Waals surface area (Å²) in [4.78, 5) is 20.5. The van der Waals surface area contributed by atoms with Gasteiger partial charge in [0.25, 0.3) is 0 Å². The van der Waals surface area contributed by atoms with Crippen molar-refractivity contribution in [3.8, 4) is 0 Å². The van der Waals surface area contributed by atoms with Gasteiger partial charge in [0.2, 0.25) is 0 Å². The lowest BCUT2D eigenvalue weighted by Crippen LogP contribution is -2.16. The SMILES string of the molecule is CC(C)CCCCCC(N=O)C(=O)O. The van der Waals surface area contributed by atoms with E-state index in [4.69, 9.17) is 5.11 Å². The highest BCUT2D eigenvalue weighted by atomic mass is 16.4. The Labute approximate surface area is 84.7 Å². The standard InChI is InChI=1S/C10H19NO3/c1-8(2)6-4-3-5-7-9(11-14)10(12)13/h8-9H,3-7H2,1-2H3,(H,12,13). The number of nitroso groups, excluding NO2 is 1. The minimum Gasteiger partial charge on any atom is -0.480 e. The molecule has 0 heterocycles. The van der Waals surface area contributed by atoms with Gasteiger partial charge in [-0.05, 0) is 12.3 Å². The van der Waals surface area contributed by atoms with Crippen LogP contribution in [0.3, 0.4) is 0 Å². The third-order valence-electron chi connectivity index (χ3n) is 2.17. The van der Waals surface area contributed by atoms with Crippen LogP contribution in [0, 0.1) is 10.8 Å². The second-order valence-electron chi connectivity index (χ2n) is 3.99. The van der Waals surface area contributed by atoms with E-state index in [1.165, 1.54) is 0 Å². The van der Waals surface area contributed by atoms with Crippen molar-refractivity contribution in [1.82, 2.24) is 0 Å². The van der Waals surface area contributed by atoms with Gasteiger partial charge in [-0.2, -0.15) is 0 Å². The number of carboxylic acids is 1. The molecular weight excluding hydrogens is 182 g/mol. The molecule has 0 aromatic rings. The molecule has 0 aliphatic rings. The second kappa shape index (κ2) is 7.47. The molecule has 0 bridgehead atoms. The van der Waals surface area contributed by atoms with Crippen molar-refractivity contribution < 1.29 is 9.90 Å².